The Labute approximate surface area is 135 Å². The van der Waals surface area contributed by atoms with Gasteiger partial charge in [0.05, 0.1) is 7.11 Å². The molecule has 0 saturated carbocycles. The van der Waals surface area contributed by atoms with Crippen LogP contribution < -0.4 is 4.74 Å². The SMILES string of the molecule is COc1cc(CC(Br)c2cccc(C)c2I)ncn1. The Morgan fingerprint density at radius 3 is 2.89 bits per heavy atom. The van der Waals surface area contributed by atoms with Crippen LogP contribution in [-0.2, 0) is 6.42 Å². The molecule has 2 rings (SSSR count). The van der Waals surface area contributed by atoms with Gasteiger partial charge in [-0.1, -0.05) is 34.1 Å². The molecule has 1 unspecified atom stereocenters. The Balaban J connectivity index is 2.20. The quantitative estimate of drug-likeness (QED) is 0.539. The van der Waals surface area contributed by atoms with Gasteiger partial charge in [-0.15, -0.1) is 0 Å². The number of rotatable bonds is 4. The lowest BCUT2D eigenvalue weighted by molar-refractivity contribution is 0.396. The highest BCUT2D eigenvalue weighted by atomic mass is 127. The molecule has 1 aromatic heterocycles. The van der Waals surface area contributed by atoms with Crippen molar-refractivity contribution in [2.45, 2.75) is 18.2 Å². The number of halogens is 2. The molecule has 0 aliphatic carbocycles. The second-order valence-electron chi connectivity index (χ2n) is 4.20. The molecule has 0 bridgehead atoms. The van der Waals surface area contributed by atoms with Crippen molar-refractivity contribution in [1.82, 2.24) is 9.97 Å². The minimum atomic E-state index is 0.235. The molecule has 1 aromatic carbocycles. The van der Waals surface area contributed by atoms with E-state index in [2.05, 4.69) is 73.6 Å². The van der Waals surface area contributed by atoms with Crippen LogP contribution in [0.4, 0.5) is 0 Å². The van der Waals surface area contributed by atoms with Crippen molar-refractivity contribution in [3.05, 3.63) is 51.0 Å². The molecule has 1 heterocycles. The molecule has 0 N–H and O–H groups in total. The minimum absolute atomic E-state index is 0.235. The van der Waals surface area contributed by atoms with Crippen LogP contribution >= 0.6 is 38.5 Å². The fourth-order valence-corrected chi connectivity index (χ4v) is 3.68. The van der Waals surface area contributed by atoms with Crippen molar-refractivity contribution in [2.75, 3.05) is 7.11 Å². The van der Waals surface area contributed by atoms with Crippen molar-refractivity contribution in [1.29, 1.82) is 0 Å². The molecule has 0 aliphatic heterocycles. The molecule has 3 nitrogen and oxygen atoms in total. The van der Waals surface area contributed by atoms with E-state index in [4.69, 9.17) is 4.74 Å². The first-order valence-corrected chi connectivity index (χ1v) is 7.85. The van der Waals surface area contributed by atoms with Crippen molar-refractivity contribution in [2.24, 2.45) is 0 Å². The fourth-order valence-electron chi connectivity index (χ4n) is 1.81. The van der Waals surface area contributed by atoms with Gasteiger partial charge in [-0.05, 0) is 40.6 Å². The highest BCUT2D eigenvalue weighted by Gasteiger charge is 2.14. The van der Waals surface area contributed by atoms with Crippen LogP contribution in [0.3, 0.4) is 0 Å². The highest BCUT2D eigenvalue weighted by Crippen LogP contribution is 2.31. The number of alkyl halides is 1. The Morgan fingerprint density at radius 1 is 1.37 bits per heavy atom. The number of hydrogen-bond acceptors (Lipinski definition) is 3. The Morgan fingerprint density at radius 2 is 2.16 bits per heavy atom. The maximum absolute atomic E-state index is 5.12. The molecule has 19 heavy (non-hydrogen) atoms. The van der Waals surface area contributed by atoms with Gasteiger partial charge in [-0.3, -0.25) is 0 Å². The van der Waals surface area contributed by atoms with Gasteiger partial charge in [0.15, 0.2) is 0 Å². The standard InChI is InChI=1S/C14H14BrIN2O/c1-9-4-3-5-11(14(9)16)12(15)6-10-7-13(19-2)18-8-17-10/h3-5,7-8,12H,6H2,1-2H3. The van der Waals surface area contributed by atoms with Crippen molar-refractivity contribution >= 4 is 38.5 Å². The van der Waals surface area contributed by atoms with Gasteiger partial charge in [0, 0.05) is 26.6 Å². The smallest absolute Gasteiger partial charge is 0.216 e. The number of aryl methyl sites for hydroxylation is 1. The molecule has 0 amide bonds. The molecule has 5 heteroatoms. The van der Waals surface area contributed by atoms with Crippen LogP contribution in [0.5, 0.6) is 5.88 Å². The molecule has 1 atom stereocenters. The highest BCUT2D eigenvalue weighted by molar-refractivity contribution is 14.1. The van der Waals surface area contributed by atoms with Crippen LogP contribution in [0.15, 0.2) is 30.6 Å². The van der Waals surface area contributed by atoms with Crippen LogP contribution in [0, 0.1) is 10.5 Å². The number of hydrogen-bond donors (Lipinski definition) is 0. The summed E-state index contributed by atoms with van der Waals surface area (Å²) in [6.45, 7) is 2.12. The summed E-state index contributed by atoms with van der Waals surface area (Å²) in [5, 5.41) is 0. The van der Waals surface area contributed by atoms with E-state index in [1.807, 2.05) is 6.07 Å². The fraction of sp³-hybridized carbons (Fsp3) is 0.286. The Hall–Kier alpha value is -0.690. The first-order valence-electron chi connectivity index (χ1n) is 5.86. The van der Waals surface area contributed by atoms with Gasteiger partial charge in [0.25, 0.3) is 0 Å². The van der Waals surface area contributed by atoms with Gasteiger partial charge >= 0.3 is 0 Å². The summed E-state index contributed by atoms with van der Waals surface area (Å²) >= 11 is 6.14. The zero-order valence-electron chi connectivity index (χ0n) is 10.7. The topological polar surface area (TPSA) is 35.0 Å². The summed E-state index contributed by atoms with van der Waals surface area (Å²) in [6.07, 6.45) is 2.34. The molecular formula is C14H14BrIN2O. The molecular weight excluding hydrogens is 419 g/mol. The maximum Gasteiger partial charge on any atom is 0.216 e. The second kappa shape index (κ2) is 6.65. The average molecular weight is 433 g/mol. The van der Waals surface area contributed by atoms with E-state index in [0.29, 0.717) is 5.88 Å². The number of ether oxygens (including phenoxy) is 1. The van der Waals surface area contributed by atoms with Gasteiger partial charge < -0.3 is 4.74 Å². The van der Waals surface area contributed by atoms with Gasteiger partial charge in [0.1, 0.15) is 6.33 Å². The first kappa shape index (κ1) is 14.7. The number of nitrogens with zero attached hydrogens (tertiary/aromatic N) is 2. The third-order valence-electron chi connectivity index (χ3n) is 2.86. The van der Waals surface area contributed by atoms with Crippen LogP contribution in [0.25, 0.3) is 0 Å². The van der Waals surface area contributed by atoms with Crippen LogP contribution in [0.2, 0.25) is 0 Å². The van der Waals surface area contributed by atoms with E-state index in [1.165, 1.54) is 21.0 Å². The Kier molecular flexibility index (Phi) is 5.15. The lowest BCUT2D eigenvalue weighted by Gasteiger charge is -2.13. The lowest BCUT2D eigenvalue weighted by Crippen LogP contribution is -2.02. The molecule has 100 valence electrons. The third kappa shape index (κ3) is 3.66. The van der Waals surface area contributed by atoms with Crippen molar-refractivity contribution < 1.29 is 4.74 Å². The van der Waals surface area contributed by atoms with Crippen LogP contribution in [-0.4, -0.2) is 17.1 Å². The maximum atomic E-state index is 5.12. The van der Waals surface area contributed by atoms with Gasteiger partial charge in [-0.2, -0.15) is 0 Å². The molecule has 0 fully saturated rings. The number of benzene rings is 1. The van der Waals surface area contributed by atoms with Crippen molar-refractivity contribution in [3.8, 4) is 5.88 Å². The summed E-state index contributed by atoms with van der Waals surface area (Å²) in [5.74, 6) is 0.601. The van der Waals surface area contributed by atoms with E-state index in [9.17, 15) is 0 Å². The molecule has 2 aromatic rings. The summed E-state index contributed by atoms with van der Waals surface area (Å²) in [4.78, 5) is 8.54. The van der Waals surface area contributed by atoms with E-state index < -0.39 is 0 Å². The second-order valence-corrected chi connectivity index (χ2v) is 6.39. The largest absolute Gasteiger partial charge is 0.481 e. The monoisotopic (exact) mass is 432 g/mol. The summed E-state index contributed by atoms with van der Waals surface area (Å²) in [6, 6.07) is 8.23. The lowest BCUT2D eigenvalue weighted by atomic mass is 10.1. The normalized spacial score (nSPS) is 12.2. The molecule has 0 spiro atoms. The predicted molar refractivity (Wildman–Crippen MR) is 87.9 cm³/mol. The molecule has 0 aliphatic rings. The van der Waals surface area contributed by atoms with Crippen molar-refractivity contribution in [3.63, 3.8) is 0 Å². The van der Waals surface area contributed by atoms with Gasteiger partial charge in [-0.25, -0.2) is 9.97 Å². The summed E-state index contributed by atoms with van der Waals surface area (Å²) < 4.78 is 6.41. The zero-order chi connectivity index (χ0) is 13.8. The van der Waals surface area contributed by atoms with E-state index in [0.717, 1.165) is 12.1 Å². The number of methoxy groups -OCH3 is 1. The first-order chi connectivity index (χ1) is 9.11. The average Bonchev–Trinajstić information content (AvgIpc) is 2.42. The van der Waals surface area contributed by atoms with E-state index in [-0.39, 0.29) is 4.83 Å². The minimum Gasteiger partial charge on any atom is -0.481 e. The third-order valence-corrected chi connectivity index (χ3v) is 5.15. The van der Waals surface area contributed by atoms with E-state index >= 15 is 0 Å². The summed E-state index contributed by atoms with van der Waals surface area (Å²) in [5.41, 5.74) is 3.55. The number of aromatic nitrogens is 2. The molecule has 0 radical (unpaired) electrons. The molecule has 0 saturated heterocycles. The zero-order valence-corrected chi connectivity index (χ0v) is 14.5. The van der Waals surface area contributed by atoms with Crippen LogP contribution in [0.1, 0.15) is 21.6 Å². The van der Waals surface area contributed by atoms with Gasteiger partial charge in [0.2, 0.25) is 5.88 Å². The summed E-state index contributed by atoms with van der Waals surface area (Å²) in [7, 11) is 1.61. The Bertz CT molecular complexity index is 577. The predicted octanol–water partition coefficient (Wildman–Crippen LogP) is 4.08. The van der Waals surface area contributed by atoms with E-state index in [1.54, 1.807) is 7.11 Å².